The molecule has 0 spiro atoms. The van der Waals surface area contributed by atoms with Gasteiger partial charge in [-0.05, 0) is 12.1 Å². The second kappa shape index (κ2) is 3.73. The van der Waals surface area contributed by atoms with E-state index in [-0.39, 0.29) is 5.69 Å². The third-order valence-electron chi connectivity index (χ3n) is 1.55. The van der Waals surface area contributed by atoms with Crippen LogP contribution < -0.4 is 5.56 Å². The lowest BCUT2D eigenvalue weighted by molar-refractivity contribution is 0.0591. The molecule has 0 aliphatic rings. The summed E-state index contributed by atoms with van der Waals surface area (Å²) in [5.41, 5.74) is -1.33. The van der Waals surface area contributed by atoms with Gasteiger partial charge in [-0.25, -0.2) is 9.59 Å². The van der Waals surface area contributed by atoms with Crippen LogP contribution in [0, 0.1) is 0 Å². The number of H-pyrrole nitrogens is 1. The normalized spacial score (nSPS) is 9.50. The zero-order chi connectivity index (χ0) is 10.7. The first kappa shape index (κ1) is 9.97. The van der Waals surface area contributed by atoms with E-state index in [1.165, 1.54) is 6.07 Å². The number of carboxylic acid groups (broad SMARTS) is 1. The minimum absolute atomic E-state index is 0.0810. The van der Waals surface area contributed by atoms with Crippen LogP contribution in [0.1, 0.15) is 20.8 Å². The van der Waals surface area contributed by atoms with Crippen LogP contribution in [0.2, 0.25) is 0 Å². The van der Waals surface area contributed by atoms with Crippen molar-refractivity contribution in [1.29, 1.82) is 0 Å². The number of ether oxygens (including phenoxy) is 1. The number of esters is 1. The standard InChI is InChI=1S/C8H7NO5/c1-14-8(13)5-3-2-4(7(11)12)6(10)9-5/h2-3H,1H3,(H,9,10)(H,11,12). The summed E-state index contributed by atoms with van der Waals surface area (Å²) in [6.07, 6.45) is 0. The molecule has 0 saturated heterocycles. The Bertz CT molecular complexity index is 434. The van der Waals surface area contributed by atoms with Crippen LogP contribution in [0.3, 0.4) is 0 Å². The number of methoxy groups -OCH3 is 1. The predicted molar refractivity (Wildman–Crippen MR) is 45.4 cm³/mol. The summed E-state index contributed by atoms with van der Waals surface area (Å²) in [5, 5.41) is 8.52. The molecular formula is C8H7NO5. The Hall–Kier alpha value is -2.11. The molecule has 0 saturated carbocycles. The molecule has 2 N–H and O–H groups in total. The number of aromatic amines is 1. The quantitative estimate of drug-likeness (QED) is 0.643. The van der Waals surface area contributed by atoms with Gasteiger partial charge in [-0.15, -0.1) is 0 Å². The first-order valence-corrected chi connectivity index (χ1v) is 3.61. The Balaban J connectivity index is 3.20. The molecule has 0 fully saturated rings. The van der Waals surface area contributed by atoms with Gasteiger partial charge in [-0.2, -0.15) is 0 Å². The van der Waals surface area contributed by atoms with E-state index >= 15 is 0 Å². The Kier molecular flexibility index (Phi) is 2.66. The highest BCUT2D eigenvalue weighted by atomic mass is 16.5. The molecule has 6 heteroatoms. The predicted octanol–water partition coefficient (Wildman–Crippen LogP) is -0.140. The number of hydrogen-bond donors (Lipinski definition) is 2. The van der Waals surface area contributed by atoms with Crippen molar-refractivity contribution in [3.8, 4) is 0 Å². The molecule has 1 aromatic rings. The average Bonchev–Trinajstić information content (AvgIpc) is 2.15. The van der Waals surface area contributed by atoms with Crippen LogP contribution in [-0.2, 0) is 4.74 Å². The van der Waals surface area contributed by atoms with Crippen LogP contribution in [0.25, 0.3) is 0 Å². The van der Waals surface area contributed by atoms with Gasteiger partial charge in [0.25, 0.3) is 5.56 Å². The lowest BCUT2D eigenvalue weighted by atomic mass is 10.2. The number of pyridine rings is 1. The zero-order valence-electron chi connectivity index (χ0n) is 7.23. The highest BCUT2D eigenvalue weighted by Crippen LogP contribution is 1.96. The summed E-state index contributed by atoms with van der Waals surface area (Å²) in [6.45, 7) is 0. The molecule has 14 heavy (non-hydrogen) atoms. The number of nitrogens with one attached hydrogen (secondary N) is 1. The molecular weight excluding hydrogens is 190 g/mol. The van der Waals surface area contributed by atoms with E-state index in [1.54, 1.807) is 0 Å². The molecule has 0 aromatic carbocycles. The van der Waals surface area contributed by atoms with Gasteiger partial charge in [-0.1, -0.05) is 0 Å². The van der Waals surface area contributed by atoms with Crippen LogP contribution in [0.4, 0.5) is 0 Å². The Morgan fingerprint density at radius 1 is 1.43 bits per heavy atom. The number of carbonyl (C=O) groups is 2. The number of rotatable bonds is 2. The van der Waals surface area contributed by atoms with Gasteiger partial charge in [0, 0.05) is 0 Å². The molecule has 0 radical (unpaired) electrons. The van der Waals surface area contributed by atoms with Crippen LogP contribution in [-0.4, -0.2) is 29.1 Å². The van der Waals surface area contributed by atoms with Crippen molar-refractivity contribution in [2.24, 2.45) is 0 Å². The summed E-state index contributed by atoms with van der Waals surface area (Å²) < 4.78 is 4.34. The first-order chi connectivity index (χ1) is 6.56. The average molecular weight is 197 g/mol. The first-order valence-electron chi connectivity index (χ1n) is 3.61. The molecule has 0 unspecified atom stereocenters. The molecule has 1 rings (SSSR count). The lowest BCUT2D eigenvalue weighted by Crippen LogP contribution is -2.20. The number of carbonyl (C=O) groups excluding carboxylic acids is 1. The van der Waals surface area contributed by atoms with E-state index in [0.717, 1.165) is 13.2 Å². The van der Waals surface area contributed by atoms with E-state index in [2.05, 4.69) is 9.72 Å². The molecule has 74 valence electrons. The van der Waals surface area contributed by atoms with Gasteiger partial charge in [0.15, 0.2) is 0 Å². The number of carboxylic acids is 1. The number of aromatic carboxylic acids is 1. The summed E-state index contributed by atoms with van der Waals surface area (Å²) in [4.78, 5) is 34.5. The maximum Gasteiger partial charge on any atom is 0.354 e. The van der Waals surface area contributed by atoms with Crippen molar-refractivity contribution in [3.05, 3.63) is 33.7 Å². The molecule has 1 aromatic heterocycles. The maximum atomic E-state index is 11.1. The molecule has 0 aliphatic heterocycles. The molecule has 6 nitrogen and oxygen atoms in total. The monoisotopic (exact) mass is 197 g/mol. The SMILES string of the molecule is COC(=O)c1ccc(C(=O)O)c(=O)[nH]1. The molecule has 0 atom stereocenters. The van der Waals surface area contributed by atoms with Gasteiger partial charge < -0.3 is 14.8 Å². The topological polar surface area (TPSA) is 96.5 Å². The Morgan fingerprint density at radius 2 is 2.07 bits per heavy atom. The molecule has 0 aliphatic carbocycles. The van der Waals surface area contributed by atoms with E-state index in [0.29, 0.717) is 0 Å². The number of aromatic nitrogens is 1. The summed E-state index contributed by atoms with van der Waals surface area (Å²) in [6, 6.07) is 2.23. The van der Waals surface area contributed by atoms with Gasteiger partial charge in [0.2, 0.25) is 0 Å². The second-order valence-corrected chi connectivity index (χ2v) is 2.41. The summed E-state index contributed by atoms with van der Waals surface area (Å²) >= 11 is 0. The fourth-order valence-corrected chi connectivity index (χ4v) is 0.871. The minimum Gasteiger partial charge on any atom is -0.477 e. The third-order valence-corrected chi connectivity index (χ3v) is 1.55. The second-order valence-electron chi connectivity index (χ2n) is 2.41. The fourth-order valence-electron chi connectivity index (χ4n) is 0.871. The van der Waals surface area contributed by atoms with E-state index in [4.69, 9.17) is 5.11 Å². The van der Waals surface area contributed by atoms with Crippen molar-refractivity contribution < 1.29 is 19.4 Å². The highest BCUT2D eigenvalue weighted by Gasteiger charge is 2.12. The van der Waals surface area contributed by atoms with E-state index in [1.807, 2.05) is 0 Å². The third kappa shape index (κ3) is 1.79. The summed E-state index contributed by atoms with van der Waals surface area (Å²) in [7, 11) is 1.16. The largest absolute Gasteiger partial charge is 0.477 e. The van der Waals surface area contributed by atoms with E-state index in [9.17, 15) is 14.4 Å². The minimum atomic E-state index is -1.34. The zero-order valence-corrected chi connectivity index (χ0v) is 7.23. The van der Waals surface area contributed by atoms with Crippen molar-refractivity contribution in [3.63, 3.8) is 0 Å². The summed E-state index contributed by atoms with van der Waals surface area (Å²) in [5.74, 6) is -2.07. The van der Waals surface area contributed by atoms with Crippen LogP contribution >= 0.6 is 0 Å². The van der Waals surface area contributed by atoms with Gasteiger partial charge >= 0.3 is 11.9 Å². The van der Waals surface area contributed by atoms with Gasteiger partial charge in [0.05, 0.1) is 7.11 Å². The Labute approximate surface area is 78.1 Å². The van der Waals surface area contributed by atoms with Crippen LogP contribution in [0.15, 0.2) is 16.9 Å². The van der Waals surface area contributed by atoms with Crippen molar-refractivity contribution >= 4 is 11.9 Å². The smallest absolute Gasteiger partial charge is 0.354 e. The maximum absolute atomic E-state index is 11.1. The molecule has 1 heterocycles. The number of hydrogen-bond acceptors (Lipinski definition) is 4. The van der Waals surface area contributed by atoms with Crippen LogP contribution in [0.5, 0.6) is 0 Å². The Morgan fingerprint density at radius 3 is 2.50 bits per heavy atom. The van der Waals surface area contributed by atoms with Gasteiger partial charge in [-0.3, -0.25) is 4.79 Å². The van der Waals surface area contributed by atoms with Crippen molar-refractivity contribution in [2.75, 3.05) is 7.11 Å². The molecule has 0 amide bonds. The molecule has 0 bridgehead atoms. The van der Waals surface area contributed by atoms with Gasteiger partial charge in [0.1, 0.15) is 11.3 Å². The fraction of sp³-hybridized carbons (Fsp3) is 0.125. The highest BCUT2D eigenvalue weighted by molar-refractivity contribution is 5.90. The van der Waals surface area contributed by atoms with Crippen molar-refractivity contribution in [2.45, 2.75) is 0 Å². The van der Waals surface area contributed by atoms with E-state index < -0.39 is 23.1 Å². The lowest BCUT2D eigenvalue weighted by Gasteiger charge is -1.98. The van der Waals surface area contributed by atoms with Crippen molar-refractivity contribution in [1.82, 2.24) is 4.98 Å².